The van der Waals surface area contributed by atoms with Crippen LogP contribution in [0.2, 0.25) is 0 Å². The van der Waals surface area contributed by atoms with Gasteiger partial charge in [-0.3, -0.25) is 4.99 Å². The van der Waals surface area contributed by atoms with Crippen LogP contribution in [0.15, 0.2) is 35.6 Å². The fourth-order valence-corrected chi connectivity index (χ4v) is 1.77. The zero-order valence-electron chi connectivity index (χ0n) is 14.8. The Morgan fingerprint density at radius 1 is 1.05 bits per heavy atom. The van der Waals surface area contributed by atoms with Crippen LogP contribution in [-0.4, -0.2) is 30.3 Å². The summed E-state index contributed by atoms with van der Waals surface area (Å²) >= 11 is 0. The van der Waals surface area contributed by atoms with Gasteiger partial charge in [0.1, 0.15) is 12.1 Å². The maximum atomic E-state index is 4.06. The van der Waals surface area contributed by atoms with E-state index in [1.54, 1.807) is 13.3 Å². The van der Waals surface area contributed by atoms with Crippen LogP contribution in [0.4, 0.5) is 5.82 Å². The van der Waals surface area contributed by atoms with Crippen LogP contribution in [0.5, 0.6) is 0 Å². The van der Waals surface area contributed by atoms with Crippen LogP contribution < -0.4 is 5.32 Å². The third kappa shape index (κ3) is 6.97. The van der Waals surface area contributed by atoms with E-state index in [0.717, 1.165) is 17.1 Å². The maximum Gasteiger partial charge on any atom is 0.138 e. The minimum atomic E-state index is 0.813. The van der Waals surface area contributed by atoms with E-state index in [4.69, 9.17) is 0 Å². The van der Waals surface area contributed by atoms with Gasteiger partial charge in [-0.2, -0.15) is 0 Å². The number of aliphatic imine (C=N–C) groups is 1. The summed E-state index contributed by atoms with van der Waals surface area (Å²) in [6, 6.07) is 8.45. The van der Waals surface area contributed by atoms with E-state index >= 15 is 0 Å². The summed E-state index contributed by atoms with van der Waals surface area (Å²) in [6.45, 7) is 10.1. The lowest BCUT2D eigenvalue weighted by molar-refractivity contribution is 1.09. The van der Waals surface area contributed by atoms with Crippen molar-refractivity contribution in [1.82, 2.24) is 9.97 Å². The molecular formula is C18H28N4. The third-order valence-electron chi connectivity index (χ3n) is 2.75. The van der Waals surface area contributed by atoms with Crippen molar-refractivity contribution in [3.63, 3.8) is 0 Å². The Hall–Kier alpha value is -2.23. The second kappa shape index (κ2) is 11.4. The van der Waals surface area contributed by atoms with E-state index in [0.29, 0.717) is 0 Å². The Labute approximate surface area is 134 Å². The molecule has 0 saturated carbocycles. The summed E-state index contributed by atoms with van der Waals surface area (Å²) in [5.74, 6) is 0.813. The quantitative estimate of drug-likeness (QED) is 0.845. The van der Waals surface area contributed by atoms with E-state index in [9.17, 15) is 0 Å². The zero-order chi connectivity index (χ0) is 17.0. The first-order valence-electron chi connectivity index (χ1n) is 7.53. The normalized spacial score (nSPS) is 9.41. The Morgan fingerprint density at radius 2 is 1.64 bits per heavy atom. The van der Waals surface area contributed by atoms with Gasteiger partial charge in [-0.15, -0.1) is 0 Å². The maximum absolute atomic E-state index is 4.06. The average Bonchev–Trinajstić information content (AvgIpc) is 2.52. The molecule has 0 fully saturated rings. The van der Waals surface area contributed by atoms with Gasteiger partial charge < -0.3 is 5.32 Å². The van der Waals surface area contributed by atoms with Gasteiger partial charge in [0.15, 0.2) is 0 Å². The molecule has 0 aliphatic rings. The molecule has 0 unspecified atom stereocenters. The molecule has 2 aromatic rings. The SMILES string of the molecule is CC.CN=Cc1c(C)ncnc1NC.Cc1cccc(C)c1. The van der Waals surface area contributed by atoms with Gasteiger partial charge in [0, 0.05) is 20.3 Å². The summed E-state index contributed by atoms with van der Waals surface area (Å²) in [4.78, 5) is 12.1. The molecule has 1 aromatic carbocycles. The second-order valence-electron chi connectivity index (χ2n) is 4.52. The molecule has 0 amide bonds. The van der Waals surface area contributed by atoms with Crippen LogP contribution in [-0.2, 0) is 0 Å². The number of aromatic nitrogens is 2. The minimum Gasteiger partial charge on any atom is -0.372 e. The van der Waals surface area contributed by atoms with Crippen molar-refractivity contribution >= 4 is 12.0 Å². The van der Waals surface area contributed by atoms with Crippen molar-refractivity contribution in [2.24, 2.45) is 4.99 Å². The van der Waals surface area contributed by atoms with Crippen molar-refractivity contribution in [3.8, 4) is 0 Å². The van der Waals surface area contributed by atoms with Gasteiger partial charge in [-0.05, 0) is 20.8 Å². The van der Waals surface area contributed by atoms with Gasteiger partial charge in [0.05, 0.1) is 11.3 Å². The van der Waals surface area contributed by atoms with Crippen LogP contribution in [0.25, 0.3) is 0 Å². The molecule has 0 radical (unpaired) electrons. The molecule has 0 saturated heterocycles. The zero-order valence-corrected chi connectivity index (χ0v) is 14.8. The number of nitrogens with zero attached hydrogens (tertiary/aromatic N) is 3. The Bertz CT molecular complexity index is 560. The van der Waals surface area contributed by atoms with E-state index in [1.165, 1.54) is 17.5 Å². The highest BCUT2D eigenvalue weighted by Gasteiger charge is 2.02. The monoisotopic (exact) mass is 300 g/mol. The molecule has 4 heteroatoms. The lowest BCUT2D eigenvalue weighted by atomic mass is 10.2. The molecule has 1 N–H and O–H groups in total. The Morgan fingerprint density at radius 3 is 2.05 bits per heavy atom. The van der Waals surface area contributed by atoms with Gasteiger partial charge >= 0.3 is 0 Å². The van der Waals surface area contributed by atoms with Gasteiger partial charge in [-0.25, -0.2) is 9.97 Å². The molecule has 0 spiro atoms. The Balaban J connectivity index is 0.000000382. The van der Waals surface area contributed by atoms with Crippen molar-refractivity contribution < 1.29 is 0 Å². The van der Waals surface area contributed by atoms with Gasteiger partial charge in [0.2, 0.25) is 0 Å². The number of rotatable bonds is 2. The van der Waals surface area contributed by atoms with Crippen molar-refractivity contribution in [3.05, 3.63) is 53.0 Å². The lowest BCUT2D eigenvalue weighted by Gasteiger charge is -2.04. The fourth-order valence-electron chi connectivity index (χ4n) is 1.77. The number of nitrogens with one attached hydrogen (secondary N) is 1. The third-order valence-corrected chi connectivity index (χ3v) is 2.75. The molecule has 0 aliphatic carbocycles. The standard InChI is InChI=1S/C8H12N4.C8H10.C2H6/c1-6-7(4-9-2)8(10-3)12-5-11-6;1-7-4-3-5-8(2)6-7;1-2/h4-5H,1-3H3,(H,10,11,12);3-6H,1-2H3;1-2H3. The van der Waals surface area contributed by atoms with E-state index < -0.39 is 0 Å². The molecule has 4 nitrogen and oxygen atoms in total. The molecule has 0 atom stereocenters. The number of benzene rings is 1. The molecule has 0 aliphatic heterocycles. The van der Waals surface area contributed by atoms with Gasteiger partial charge in [-0.1, -0.05) is 49.2 Å². The minimum absolute atomic E-state index is 0.813. The number of anilines is 1. The summed E-state index contributed by atoms with van der Waals surface area (Å²) in [5.41, 5.74) is 4.55. The molecule has 120 valence electrons. The summed E-state index contributed by atoms with van der Waals surface area (Å²) in [5, 5.41) is 2.98. The second-order valence-corrected chi connectivity index (χ2v) is 4.52. The van der Waals surface area contributed by atoms with Crippen molar-refractivity contribution in [2.75, 3.05) is 19.4 Å². The summed E-state index contributed by atoms with van der Waals surface area (Å²) < 4.78 is 0. The average molecular weight is 300 g/mol. The van der Waals surface area contributed by atoms with Crippen LogP contribution >= 0.6 is 0 Å². The first-order chi connectivity index (χ1) is 10.6. The molecule has 1 heterocycles. The highest BCUT2D eigenvalue weighted by molar-refractivity contribution is 5.87. The van der Waals surface area contributed by atoms with Crippen molar-refractivity contribution in [2.45, 2.75) is 34.6 Å². The predicted octanol–water partition coefficient (Wildman–Crippen LogP) is 4.21. The van der Waals surface area contributed by atoms with Gasteiger partial charge in [0.25, 0.3) is 0 Å². The van der Waals surface area contributed by atoms with Crippen LogP contribution in [0.3, 0.4) is 0 Å². The van der Waals surface area contributed by atoms with Crippen molar-refractivity contribution in [1.29, 1.82) is 0 Å². The molecule has 1 aromatic heterocycles. The van der Waals surface area contributed by atoms with E-state index in [1.807, 2.05) is 27.8 Å². The predicted molar refractivity (Wildman–Crippen MR) is 97.1 cm³/mol. The highest BCUT2D eigenvalue weighted by atomic mass is 15.0. The Kier molecular flexibility index (Phi) is 10.3. The fraction of sp³-hybridized carbons (Fsp3) is 0.389. The highest BCUT2D eigenvalue weighted by Crippen LogP contribution is 2.10. The largest absolute Gasteiger partial charge is 0.372 e. The summed E-state index contributed by atoms with van der Waals surface area (Å²) in [6.07, 6.45) is 3.29. The van der Waals surface area contributed by atoms with Crippen LogP contribution in [0, 0.1) is 20.8 Å². The van der Waals surface area contributed by atoms with E-state index in [2.05, 4.69) is 58.4 Å². The lowest BCUT2D eigenvalue weighted by Crippen LogP contribution is -2.01. The van der Waals surface area contributed by atoms with E-state index in [-0.39, 0.29) is 0 Å². The number of aryl methyl sites for hydroxylation is 3. The first-order valence-corrected chi connectivity index (χ1v) is 7.53. The number of hydrogen-bond donors (Lipinski definition) is 1. The molecule has 2 rings (SSSR count). The molecule has 22 heavy (non-hydrogen) atoms. The van der Waals surface area contributed by atoms with Crippen LogP contribution in [0.1, 0.15) is 36.2 Å². The molecular weight excluding hydrogens is 272 g/mol. The smallest absolute Gasteiger partial charge is 0.138 e. The summed E-state index contributed by atoms with van der Waals surface area (Å²) in [7, 11) is 3.56. The topological polar surface area (TPSA) is 50.2 Å². The molecule has 0 bridgehead atoms. The number of hydrogen-bond acceptors (Lipinski definition) is 4. The first kappa shape index (κ1) is 19.8.